The molecular weight excluding hydrogens is 232 g/mol. The van der Waals surface area contributed by atoms with Gasteiger partial charge in [0.2, 0.25) is 0 Å². The molecule has 2 aromatic heterocycles. The van der Waals surface area contributed by atoms with Gasteiger partial charge in [-0.2, -0.15) is 11.8 Å². The summed E-state index contributed by atoms with van der Waals surface area (Å²) in [5.41, 5.74) is 1.53. The number of hydrogen-bond donors (Lipinski definition) is 1. The summed E-state index contributed by atoms with van der Waals surface area (Å²) in [5, 5.41) is 3.31. The SMILES string of the molecule is CSCCCCNc1ccc2nccnc2n1. The van der Waals surface area contributed by atoms with Crippen LogP contribution in [0.25, 0.3) is 11.2 Å². The van der Waals surface area contributed by atoms with Gasteiger partial charge in [0.15, 0.2) is 5.65 Å². The molecule has 0 fully saturated rings. The van der Waals surface area contributed by atoms with E-state index in [-0.39, 0.29) is 0 Å². The molecule has 2 rings (SSSR count). The maximum absolute atomic E-state index is 4.40. The highest BCUT2D eigenvalue weighted by Gasteiger charge is 1.98. The molecule has 0 bridgehead atoms. The summed E-state index contributed by atoms with van der Waals surface area (Å²) in [6.45, 7) is 0.958. The highest BCUT2D eigenvalue weighted by Crippen LogP contribution is 2.10. The van der Waals surface area contributed by atoms with Gasteiger partial charge in [-0.1, -0.05) is 0 Å². The molecule has 0 aromatic carbocycles. The Balaban J connectivity index is 1.90. The third-order valence-electron chi connectivity index (χ3n) is 2.41. The van der Waals surface area contributed by atoms with Crippen molar-refractivity contribution in [1.29, 1.82) is 0 Å². The summed E-state index contributed by atoms with van der Waals surface area (Å²) in [5.74, 6) is 2.10. The minimum atomic E-state index is 0.696. The van der Waals surface area contributed by atoms with Crippen LogP contribution in [0.4, 0.5) is 5.82 Å². The first kappa shape index (κ1) is 12.1. The minimum Gasteiger partial charge on any atom is -0.370 e. The molecule has 0 aliphatic rings. The smallest absolute Gasteiger partial charge is 0.180 e. The zero-order valence-electron chi connectivity index (χ0n) is 9.89. The van der Waals surface area contributed by atoms with Crippen molar-refractivity contribution in [3.63, 3.8) is 0 Å². The van der Waals surface area contributed by atoms with Crippen molar-refractivity contribution in [1.82, 2.24) is 15.0 Å². The Morgan fingerprint density at radius 1 is 1.18 bits per heavy atom. The first-order chi connectivity index (χ1) is 8.40. The molecule has 2 aromatic rings. The van der Waals surface area contributed by atoms with E-state index in [2.05, 4.69) is 26.5 Å². The lowest BCUT2D eigenvalue weighted by atomic mass is 10.3. The number of nitrogens with zero attached hydrogens (tertiary/aromatic N) is 3. The van der Waals surface area contributed by atoms with Crippen molar-refractivity contribution in [3.05, 3.63) is 24.5 Å². The van der Waals surface area contributed by atoms with E-state index in [0.717, 1.165) is 17.9 Å². The van der Waals surface area contributed by atoms with E-state index in [1.54, 1.807) is 12.4 Å². The highest BCUT2D eigenvalue weighted by molar-refractivity contribution is 7.98. The number of anilines is 1. The average Bonchev–Trinajstić information content (AvgIpc) is 2.38. The van der Waals surface area contributed by atoms with Crippen LogP contribution in [0, 0.1) is 0 Å². The van der Waals surface area contributed by atoms with Gasteiger partial charge in [-0.25, -0.2) is 9.97 Å². The van der Waals surface area contributed by atoms with Crippen LogP contribution in [-0.2, 0) is 0 Å². The van der Waals surface area contributed by atoms with Gasteiger partial charge >= 0.3 is 0 Å². The number of aromatic nitrogens is 3. The van der Waals surface area contributed by atoms with Gasteiger partial charge in [0, 0.05) is 18.9 Å². The molecular formula is C12H16N4S. The van der Waals surface area contributed by atoms with E-state index in [9.17, 15) is 0 Å². The van der Waals surface area contributed by atoms with E-state index in [4.69, 9.17) is 0 Å². The first-order valence-electron chi connectivity index (χ1n) is 5.71. The van der Waals surface area contributed by atoms with Crippen molar-refractivity contribution >= 4 is 28.7 Å². The van der Waals surface area contributed by atoms with Crippen molar-refractivity contribution in [2.45, 2.75) is 12.8 Å². The van der Waals surface area contributed by atoms with Crippen LogP contribution in [-0.4, -0.2) is 33.5 Å². The summed E-state index contributed by atoms with van der Waals surface area (Å²) >= 11 is 1.89. The van der Waals surface area contributed by atoms with E-state index in [1.165, 1.54) is 18.6 Å². The van der Waals surface area contributed by atoms with Crippen molar-refractivity contribution in [2.24, 2.45) is 0 Å². The summed E-state index contributed by atoms with van der Waals surface area (Å²) < 4.78 is 0. The lowest BCUT2D eigenvalue weighted by Crippen LogP contribution is -2.04. The topological polar surface area (TPSA) is 50.7 Å². The number of nitrogens with one attached hydrogen (secondary N) is 1. The second-order valence-corrected chi connectivity index (χ2v) is 4.71. The molecule has 0 atom stereocenters. The standard InChI is InChI=1S/C12H16N4S/c1-17-9-3-2-6-14-11-5-4-10-12(16-11)15-8-7-13-10/h4-5,7-8H,2-3,6,9H2,1H3,(H,14,15,16). The Labute approximate surface area is 105 Å². The normalized spacial score (nSPS) is 10.6. The molecule has 0 unspecified atom stereocenters. The monoisotopic (exact) mass is 248 g/mol. The molecule has 5 heteroatoms. The maximum atomic E-state index is 4.40. The molecule has 0 aliphatic carbocycles. The van der Waals surface area contributed by atoms with Crippen LogP contribution in [0.5, 0.6) is 0 Å². The van der Waals surface area contributed by atoms with Gasteiger partial charge in [-0.3, -0.25) is 4.98 Å². The van der Waals surface area contributed by atoms with Gasteiger partial charge in [-0.15, -0.1) is 0 Å². The Bertz CT molecular complexity index is 475. The Kier molecular flexibility index (Phi) is 4.55. The van der Waals surface area contributed by atoms with Gasteiger partial charge in [0.25, 0.3) is 0 Å². The minimum absolute atomic E-state index is 0.696. The van der Waals surface area contributed by atoms with Crippen LogP contribution in [0.15, 0.2) is 24.5 Å². The largest absolute Gasteiger partial charge is 0.370 e. The highest BCUT2D eigenvalue weighted by atomic mass is 32.2. The molecule has 0 saturated carbocycles. The molecule has 4 nitrogen and oxygen atoms in total. The number of fused-ring (bicyclic) bond motifs is 1. The van der Waals surface area contributed by atoms with Crippen LogP contribution in [0.2, 0.25) is 0 Å². The molecule has 2 heterocycles. The quantitative estimate of drug-likeness (QED) is 0.796. The van der Waals surface area contributed by atoms with E-state index >= 15 is 0 Å². The Hall–Kier alpha value is -1.36. The fourth-order valence-corrected chi connectivity index (χ4v) is 2.03. The first-order valence-corrected chi connectivity index (χ1v) is 7.10. The summed E-state index contributed by atoms with van der Waals surface area (Å²) in [6, 6.07) is 3.89. The van der Waals surface area contributed by atoms with Crippen molar-refractivity contribution in [3.8, 4) is 0 Å². The Morgan fingerprint density at radius 2 is 2.06 bits per heavy atom. The van der Waals surface area contributed by atoms with Crippen LogP contribution in [0.3, 0.4) is 0 Å². The number of unbranched alkanes of at least 4 members (excludes halogenated alkanes) is 1. The molecule has 0 saturated heterocycles. The molecule has 0 spiro atoms. The predicted molar refractivity (Wildman–Crippen MR) is 73.4 cm³/mol. The second kappa shape index (κ2) is 6.39. The second-order valence-electron chi connectivity index (χ2n) is 3.72. The van der Waals surface area contributed by atoms with Gasteiger partial charge in [-0.05, 0) is 37.0 Å². The summed E-state index contributed by atoms with van der Waals surface area (Å²) in [6.07, 6.45) is 7.89. The molecule has 90 valence electrons. The lowest BCUT2D eigenvalue weighted by molar-refractivity contribution is 0.840. The van der Waals surface area contributed by atoms with Gasteiger partial charge in [0.05, 0.1) is 0 Å². The summed E-state index contributed by atoms with van der Waals surface area (Å²) in [7, 11) is 0. The van der Waals surface area contributed by atoms with E-state index in [1.807, 2.05) is 23.9 Å². The fourth-order valence-electron chi connectivity index (χ4n) is 1.54. The predicted octanol–water partition coefficient (Wildman–Crippen LogP) is 2.58. The molecule has 1 N–H and O–H groups in total. The number of thioether (sulfide) groups is 1. The van der Waals surface area contributed by atoms with Crippen LogP contribution in [0.1, 0.15) is 12.8 Å². The molecule has 0 aliphatic heterocycles. The third kappa shape index (κ3) is 3.56. The average molecular weight is 248 g/mol. The number of rotatable bonds is 6. The summed E-state index contributed by atoms with van der Waals surface area (Å²) in [4.78, 5) is 12.8. The zero-order chi connectivity index (χ0) is 11.9. The van der Waals surface area contributed by atoms with E-state index in [0.29, 0.717) is 5.65 Å². The van der Waals surface area contributed by atoms with Gasteiger partial charge < -0.3 is 5.32 Å². The molecule has 0 radical (unpaired) electrons. The van der Waals surface area contributed by atoms with E-state index < -0.39 is 0 Å². The maximum Gasteiger partial charge on any atom is 0.180 e. The third-order valence-corrected chi connectivity index (χ3v) is 3.11. The van der Waals surface area contributed by atoms with Crippen LogP contribution < -0.4 is 5.32 Å². The molecule has 0 amide bonds. The van der Waals surface area contributed by atoms with Crippen molar-refractivity contribution in [2.75, 3.05) is 23.9 Å². The number of hydrogen-bond acceptors (Lipinski definition) is 5. The lowest BCUT2D eigenvalue weighted by Gasteiger charge is -2.05. The van der Waals surface area contributed by atoms with Crippen molar-refractivity contribution < 1.29 is 0 Å². The molecule has 17 heavy (non-hydrogen) atoms. The van der Waals surface area contributed by atoms with Crippen LogP contribution >= 0.6 is 11.8 Å². The Morgan fingerprint density at radius 3 is 2.94 bits per heavy atom. The number of pyridine rings is 1. The zero-order valence-corrected chi connectivity index (χ0v) is 10.7. The van der Waals surface area contributed by atoms with Gasteiger partial charge in [0.1, 0.15) is 11.3 Å². The fraction of sp³-hybridized carbons (Fsp3) is 0.417.